The Labute approximate surface area is 98.1 Å². The second kappa shape index (κ2) is 5.31. The molecule has 0 aromatic heterocycles. The molecule has 0 saturated carbocycles. The van der Waals surface area contributed by atoms with Gasteiger partial charge in [-0.2, -0.15) is 0 Å². The van der Waals surface area contributed by atoms with Crippen molar-refractivity contribution in [2.75, 3.05) is 0 Å². The van der Waals surface area contributed by atoms with Gasteiger partial charge in [0.25, 0.3) is 0 Å². The van der Waals surface area contributed by atoms with Crippen molar-refractivity contribution in [1.29, 1.82) is 0 Å². The van der Waals surface area contributed by atoms with Crippen molar-refractivity contribution in [2.24, 2.45) is 5.73 Å². The van der Waals surface area contributed by atoms with E-state index in [4.69, 9.17) is 15.9 Å². The number of hydrogen-bond acceptors (Lipinski definition) is 4. The number of carbonyl (C=O) groups is 2. The first-order valence-electron chi connectivity index (χ1n) is 4.99. The minimum atomic E-state index is -1.19. The molecule has 0 heterocycles. The van der Waals surface area contributed by atoms with E-state index in [1.54, 1.807) is 0 Å². The number of carbonyl (C=O) groups excluding carboxylic acids is 1. The van der Waals surface area contributed by atoms with Gasteiger partial charge in [0.1, 0.15) is 5.75 Å². The standard InChI is InChI=1S/C11H14N2O4/c1-6(12)10(15)13-9(11(16)17)7-2-4-8(14)5-3-7/h2-6,9,14H,12H2,1H3,(H,13,15)(H,16,17)/t6-,9?/m0/s1. The summed E-state index contributed by atoms with van der Waals surface area (Å²) in [5.74, 6) is -1.72. The lowest BCUT2D eigenvalue weighted by Crippen LogP contribution is -2.42. The van der Waals surface area contributed by atoms with Gasteiger partial charge in [0.2, 0.25) is 5.91 Å². The van der Waals surface area contributed by atoms with Crippen molar-refractivity contribution >= 4 is 11.9 Å². The van der Waals surface area contributed by atoms with E-state index in [1.165, 1.54) is 31.2 Å². The third kappa shape index (κ3) is 3.46. The van der Waals surface area contributed by atoms with Crippen LogP contribution in [0.4, 0.5) is 0 Å². The molecule has 6 nitrogen and oxygen atoms in total. The minimum Gasteiger partial charge on any atom is -0.508 e. The molecular weight excluding hydrogens is 224 g/mol. The number of carboxylic acids is 1. The molecule has 0 bridgehead atoms. The summed E-state index contributed by atoms with van der Waals surface area (Å²) >= 11 is 0. The van der Waals surface area contributed by atoms with Crippen molar-refractivity contribution in [3.8, 4) is 5.75 Å². The van der Waals surface area contributed by atoms with Crippen molar-refractivity contribution in [3.05, 3.63) is 29.8 Å². The van der Waals surface area contributed by atoms with Crippen molar-refractivity contribution in [1.82, 2.24) is 5.32 Å². The van der Waals surface area contributed by atoms with Crippen molar-refractivity contribution in [3.63, 3.8) is 0 Å². The number of aliphatic carboxylic acids is 1. The highest BCUT2D eigenvalue weighted by Crippen LogP contribution is 2.17. The van der Waals surface area contributed by atoms with Crippen LogP contribution < -0.4 is 11.1 Å². The van der Waals surface area contributed by atoms with Crippen LogP contribution in [0.1, 0.15) is 18.5 Å². The first-order chi connectivity index (χ1) is 7.91. The number of nitrogens with two attached hydrogens (primary N) is 1. The Bertz CT molecular complexity index is 414. The van der Waals surface area contributed by atoms with Gasteiger partial charge in [-0.25, -0.2) is 4.79 Å². The predicted molar refractivity (Wildman–Crippen MR) is 60.3 cm³/mol. The summed E-state index contributed by atoms with van der Waals surface area (Å²) in [5.41, 5.74) is 5.71. The Balaban J connectivity index is 2.90. The van der Waals surface area contributed by atoms with Gasteiger partial charge in [-0.15, -0.1) is 0 Å². The lowest BCUT2D eigenvalue weighted by atomic mass is 10.1. The second-order valence-electron chi connectivity index (χ2n) is 3.66. The molecule has 0 aliphatic rings. The van der Waals surface area contributed by atoms with Gasteiger partial charge in [0, 0.05) is 0 Å². The quantitative estimate of drug-likeness (QED) is 0.589. The summed E-state index contributed by atoms with van der Waals surface area (Å²) in [4.78, 5) is 22.4. The maximum atomic E-state index is 11.3. The maximum Gasteiger partial charge on any atom is 0.330 e. The van der Waals surface area contributed by atoms with Crippen LogP contribution in [0.15, 0.2) is 24.3 Å². The zero-order valence-corrected chi connectivity index (χ0v) is 9.25. The third-order valence-corrected chi connectivity index (χ3v) is 2.17. The number of rotatable bonds is 4. The van der Waals surface area contributed by atoms with Crippen molar-refractivity contribution < 1.29 is 19.8 Å². The largest absolute Gasteiger partial charge is 0.508 e. The van der Waals surface area contributed by atoms with Gasteiger partial charge in [0.05, 0.1) is 6.04 Å². The fourth-order valence-electron chi connectivity index (χ4n) is 1.23. The summed E-state index contributed by atoms with van der Waals surface area (Å²) in [6.07, 6.45) is 0. The molecule has 0 spiro atoms. The number of phenols is 1. The summed E-state index contributed by atoms with van der Waals surface area (Å²) in [5, 5.41) is 20.4. The molecule has 5 N–H and O–H groups in total. The van der Waals surface area contributed by atoms with E-state index in [0.717, 1.165) is 0 Å². The Hall–Kier alpha value is -2.08. The van der Waals surface area contributed by atoms with Crippen LogP contribution in [0.3, 0.4) is 0 Å². The zero-order valence-electron chi connectivity index (χ0n) is 9.25. The second-order valence-corrected chi connectivity index (χ2v) is 3.66. The fraction of sp³-hybridized carbons (Fsp3) is 0.273. The molecule has 1 rings (SSSR count). The highest BCUT2D eigenvalue weighted by molar-refractivity contribution is 5.87. The van der Waals surface area contributed by atoms with Gasteiger partial charge >= 0.3 is 5.97 Å². The number of aromatic hydroxyl groups is 1. The van der Waals surface area contributed by atoms with E-state index >= 15 is 0 Å². The maximum absolute atomic E-state index is 11.3. The Morgan fingerprint density at radius 2 is 1.82 bits per heavy atom. The van der Waals surface area contributed by atoms with Gasteiger partial charge in [-0.1, -0.05) is 12.1 Å². The average Bonchev–Trinajstić information content (AvgIpc) is 2.26. The molecule has 0 saturated heterocycles. The molecule has 1 aromatic carbocycles. The number of benzene rings is 1. The van der Waals surface area contributed by atoms with Crippen LogP contribution in [-0.2, 0) is 9.59 Å². The molecule has 0 fully saturated rings. The predicted octanol–water partition coefficient (Wildman–Crippen LogP) is -0.0187. The van der Waals surface area contributed by atoms with E-state index in [9.17, 15) is 9.59 Å². The Morgan fingerprint density at radius 1 is 1.29 bits per heavy atom. The third-order valence-electron chi connectivity index (χ3n) is 2.17. The smallest absolute Gasteiger partial charge is 0.330 e. The van der Waals surface area contributed by atoms with E-state index in [2.05, 4.69) is 5.32 Å². The van der Waals surface area contributed by atoms with Crippen LogP contribution in [0.5, 0.6) is 5.75 Å². The minimum absolute atomic E-state index is 0.0245. The number of hydrogen-bond donors (Lipinski definition) is 4. The highest BCUT2D eigenvalue weighted by Gasteiger charge is 2.23. The van der Waals surface area contributed by atoms with Gasteiger partial charge in [0.15, 0.2) is 6.04 Å². The van der Waals surface area contributed by atoms with Crippen LogP contribution in [0.2, 0.25) is 0 Å². The van der Waals surface area contributed by atoms with E-state index in [0.29, 0.717) is 5.56 Å². The number of phenolic OH excluding ortho intramolecular Hbond substituents is 1. The lowest BCUT2D eigenvalue weighted by molar-refractivity contribution is -0.142. The zero-order chi connectivity index (χ0) is 13.0. The summed E-state index contributed by atoms with van der Waals surface area (Å²) in [6.45, 7) is 1.46. The lowest BCUT2D eigenvalue weighted by Gasteiger charge is -2.16. The van der Waals surface area contributed by atoms with Gasteiger partial charge in [-0.3, -0.25) is 4.79 Å². The summed E-state index contributed by atoms with van der Waals surface area (Å²) in [7, 11) is 0. The van der Waals surface area contributed by atoms with Crippen molar-refractivity contribution in [2.45, 2.75) is 19.0 Å². The van der Waals surface area contributed by atoms with Gasteiger partial charge in [-0.05, 0) is 24.6 Å². The summed E-state index contributed by atoms with van der Waals surface area (Å²) < 4.78 is 0. The molecule has 1 unspecified atom stereocenters. The molecular formula is C11H14N2O4. The highest BCUT2D eigenvalue weighted by atomic mass is 16.4. The average molecular weight is 238 g/mol. The van der Waals surface area contributed by atoms with Crippen LogP contribution in [-0.4, -0.2) is 28.1 Å². The molecule has 0 aliphatic heterocycles. The molecule has 1 aromatic rings. The van der Waals surface area contributed by atoms with Crippen LogP contribution in [0.25, 0.3) is 0 Å². The monoisotopic (exact) mass is 238 g/mol. The van der Waals surface area contributed by atoms with Crippen LogP contribution >= 0.6 is 0 Å². The fourth-order valence-corrected chi connectivity index (χ4v) is 1.23. The molecule has 0 radical (unpaired) electrons. The normalized spacial score (nSPS) is 13.8. The van der Waals surface area contributed by atoms with E-state index in [1.807, 2.05) is 0 Å². The van der Waals surface area contributed by atoms with Crippen LogP contribution in [0, 0.1) is 0 Å². The molecule has 2 atom stereocenters. The van der Waals surface area contributed by atoms with E-state index < -0.39 is 24.0 Å². The van der Waals surface area contributed by atoms with Gasteiger partial charge < -0.3 is 21.3 Å². The number of carboxylic acid groups (broad SMARTS) is 1. The molecule has 1 amide bonds. The molecule has 92 valence electrons. The Kier molecular flexibility index (Phi) is 4.06. The summed E-state index contributed by atoms with van der Waals surface area (Å²) in [6, 6.07) is 3.60. The first-order valence-corrected chi connectivity index (χ1v) is 4.99. The molecule has 6 heteroatoms. The SMILES string of the molecule is C[C@H](N)C(=O)NC(C(=O)O)c1ccc(O)cc1. The number of nitrogens with one attached hydrogen (secondary N) is 1. The molecule has 0 aliphatic carbocycles. The topological polar surface area (TPSA) is 113 Å². The first kappa shape index (κ1) is 13.0. The Morgan fingerprint density at radius 3 is 2.24 bits per heavy atom. The van der Waals surface area contributed by atoms with E-state index in [-0.39, 0.29) is 5.75 Å². The molecule has 17 heavy (non-hydrogen) atoms. The number of amides is 1.